The van der Waals surface area contributed by atoms with Crippen LogP contribution in [0.5, 0.6) is 11.5 Å². The number of pyridine rings is 1. The highest BCUT2D eigenvalue weighted by Gasteiger charge is 2.06. The topological polar surface area (TPSA) is 37.9 Å². The Hall–Kier alpha value is -2.33. The number of benzene rings is 1. The number of fused-ring (bicyclic) bond motifs is 2. The first kappa shape index (κ1) is 11.5. The lowest BCUT2D eigenvalue weighted by Crippen LogP contribution is -1.85. The number of rotatable bonds is 2. The smallest absolute Gasteiger partial charge is 0.148 e. The number of thiophene rings is 1. The fourth-order valence-corrected chi connectivity index (χ4v) is 3.18. The van der Waals surface area contributed by atoms with E-state index in [-0.39, 0.29) is 0 Å². The predicted octanol–water partition coefficient (Wildman–Crippen LogP) is 4.88. The molecule has 0 atom stereocenters. The molecule has 20 heavy (non-hydrogen) atoms. The lowest BCUT2D eigenvalue weighted by atomic mass is 10.2. The number of ether oxygens (including phenoxy) is 1. The average molecular weight is 280 g/mol. The summed E-state index contributed by atoms with van der Waals surface area (Å²) in [6.07, 6.45) is 1.78. The molecule has 0 bridgehead atoms. The standard InChI is InChI=1S/C16H12N2OS/c1-10-8-11-9-12(2-3-13(11)18-10)19-15-4-6-17-14-5-7-20-16(14)15/h2-9,18H,1H3. The summed E-state index contributed by atoms with van der Waals surface area (Å²) in [6.45, 7) is 2.05. The van der Waals surface area contributed by atoms with Crippen molar-refractivity contribution in [3.05, 3.63) is 53.7 Å². The first-order chi connectivity index (χ1) is 9.79. The maximum atomic E-state index is 6.02. The van der Waals surface area contributed by atoms with Crippen molar-refractivity contribution in [2.75, 3.05) is 0 Å². The van der Waals surface area contributed by atoms with E-state index in [1.165, 1.54) is 0 Å². The summed E-state index contributed by atoms with van der Waals surface area (Å²) in [5.74, 6) is 1.70. The summed E-state index contributed by atoms with van der Waals surface area (Å²) in [6, 6.07) is 12.1. The van der Waals surface area contributed by atoms with Gasteiger partial charge < -0.3 is 9.72 Å². The van der Waals surface area contributed by atoms with E-state index in [4.69, 9.17) is 4.74 Å². The third-order valence-electron chi connectivity index (χ3n) is 3.26. The Bertz CT molecular complexity index is 907. The van der Waals surface area contributed by atoms with Gasteiger partial charge in [-0.1, -0.05) is 0 Å². The normalized spacial score (nSPS) is 11.2. The van der Waals surface area contributed by atoms with Crippen molar-refractivity contribution in [3.8, 4) is 11.5 Å². The molecule has 4 rings (SSSR count). The monoisotopic (exact) mass is 280 g/mol. The second kappa shape index (κ2) is 4.35. The summed E-state index contributed by atoms with van der Waals surface area (Å²) >= 11 is 1.65. The lowest BCUT2D eigenvalue weighted by Gasteiger charge is -2.06. The van der Waals surface area contributed by atoms with Crippen molar-refractivity contribution in [1.82, 2.24) is 9.97 Å². The van der Waals surface area contributed by atoms with E-state index in [2.05, 4.69) is 29.0 Å². The second-order valence-corrected chi connectivity index (χ2v) is 5.66. The van der Waals surface area contributed by atoms with Gasteiger partial charge in [0.2, 0.25) is 0 Å². The summed E-state index contributed by atoms with van der Waals surface area (Å²) in [5.41, 5.74) is 3.26. The van der Waals surface area contributed by atoms with Crippen molar-refractivity contribution in [3.63, 3.8) is 0 Å². The molecule has 0 radical (unpaired) electrons. The van der Waals surface area contributed by atoms with Crippen LogP contribution in [0.4, 0.5) is 0 Å². The van der Waals surface area contributed by atoms with Crippen LogP contribution in [0.15, 0.2) is 48.0 Å². The molecule has 4 aromatic rings. The summed E-state index contributed by atoms with van der Waals surface area (Å²) in [4.78, 5) is 7.63. The fourth-order valence-electron chi connectivity index (χ4n) is 2.38. The van der Waals surface area contributed by atoms with Crippen molar-refractivity contribution in [2.24, 2.45) is 0 Å². The molecule has 0 saturated heterocycles. The molecule has 0 saturated carbocycles. The van der Waals surface area contributed by atoms with Gasteiger partial charge >= 0.3 is 0 Å². The third kappa shape index (κ3) is 1.85. The molecule has 1 aromatic carbocycles. The SMILES string of the molecule is Cc1cc2cc(Oc3ccnc4ccsc34)ccc2[nH]1. The Morgan fingerprint density at radius 2 is 2.10 bits per heavy atom. The van der Waals surface area contributed by atoms with Crippen LogP contribution in [-0.2, 0) is 0 Å². The molecule has 4 heteroatoms. The van der Waals surface area contributed by atoms with E-state index in [0.717, 1.165) is 38.3 Å². The highest BCUT2D eigenvalue weighted by molar-refractivity contribution is 7.17. The minimum absolute atomic E-state index is 0.845. The Balaban J connectivity index is 1.78. The van der Waals surface area contributed by atoms with Gasteiger partial charge in [-0.15, -0.1) is 11.3 Å². The fraction of sp³-hybridized carbons (Fsp3) is 0.0625. The summed E-state index contributed by atoms with van der Waals surface area (Å²) < 4.78 is 7.11. The van der Waals surface area contributed by atoms with Crippen molar-refractivity contribution >= 4 is 32.5 Å². The molecule has 0 unspecified atom stereocenters. The molecule has 3 aromatic heterocycles. The Labute approximate surface area is 119 Å². The van der Waals surface area contributed by atoms with Crippen LogP contribution < -0.4 is 4.74 Å². The van der Waals surface area contributed by atoms with Crippen LogP contribution in [0.2, 0.25) is 0 Å². The van der Waals surface area contributed by atoms with E-state index in [1.54, 1.807) is 17.5 Å². The Morgan fingerprint density at radius 3 is 3.05 bits per heavy atom. The van der Waals surface area contributed by atoms with Gasteiger partial charge in [0.05, 0.1) is 10.2 Å². The lowest BCUT2D eigenvalue weighted by molar-refractivity contribution is 0.489. The van der Waals surface area contributed by atoms with Gasteiger partial charge in [-0.3, -0.25) is 4.98 Å². The quantitative estimate of drug-likeness (QED) is 0.568. The van der Waals surface area contributed by atoms with Crippen molar-refractivity contribution in [1.29, 1.82) is 0 Å². The summed E-state index contributed by atoms with van der Waals surface area (Å²) in [5, 5.41) is 3.19. The zero-order valence-corrected chi connectivity index (χ0v) is 11.7. The van der Waals surface area contributed by atoms with E-state index in [0.29, 0.717) is 0 Å². The van der Waals surface area contributed by atoms with E-state index < -0.39 is 0 Å². The highest BCUT2D eigenvalue weighted by Crippen LogP contribution is 2.33. The zero-order chi connectivity index (χ0) is 13.5. The maximum Gasteiger partial charge on any atom is 0.148 e. The van der Waals surface area contributed by atoms with Gasteiger partial charge in [-0.25, -0.2) is 0 Å². The predicted molar refractivity (Wildman–Crippen MR) is 82.7 cm³/mol. The molecule has 0 aliphatic carbocycles. The molecule has 0 spiro atoms. The van der Waals surface area contributed by atoms with E-state index in [9.17, 15) is 0 Å². The van der Waals surface area contributed by atoms with Crippen LogP contribution in [0.3, 0.4) is 0 Å². The Kier molecular flexibility index (Phi) is 2.50. The summed E-state index contributed by atoms with van der Waals surface area (Å²) in [7, 11) is 0. The molecule has 98 valence electrons. The number of nitrogens with zero attached hydrogens (tertiary/aromatic N) is 1. The molecule has 3 nitrogen and oxygen atoms in total. The van der Waals surface area contributed by atoms with Crippen LogP contribution in [0.25, 0.3) is 21.1 Å². The van der Waals surface area contributed by atoms with Crippen molar-refractivity contribution < 1.29 is 4.74 Å². The van der Waals surface area contributed by atoms with E-state index in [1.807, 2.05) is 29.6 Å². The van der Waals surface area contributed by atoms with Crippen LogP contribution >= 0.6 is 11.3 Å². The number of nitrogens with one attached hydrogen (secondary N) is 1. The van der Waals surface area contributed by atoms with Gasteiger partial charge in [0, 0.05) is 28.9 Å². The van der Waals surface area contributed by atoms with Gasteiger partial charge in [-0.2, -0.15) is 0 Å². The number of H-pyrrole nitrogens is 1. The molecular formula is C16H12N2OS. The molecule has 0 aliphatic heterocycles. The van der Waals surface area contributed by atoms with E-state index >= 15 is 0 Å². The Morgan fingerprint density at radius 1 is 1.15 bits per heavy atom. The van der Waals surface area contributed by atoms with Crippen LogP contribution in [0, 0.1) is 6.92 Å². The van der Waals surface area contributed by atoms with Gasteiger partial charge in [0.1, 0.15) is 11.5 Å². The first-order valence-electron chi connectivity index (χ1n) is 6.39. The second-order valence-electron chi connectivity index (χ2n) is 4.75. The number of hydrogen-bond donors (Lipinski definition) is 1. The van der Waals surface area contributed by atoms with Crippen LogP contribution in [0.1, 0.15) is 5.69 Å². The minimum atomic E-state index is 0.845. The van der Waals surface area contributed by atoms with Crippen molar-refractivity contribution in [2.45, 2.75) is 6.92 Å². The molecular weight excluding hydrogens is 268 g/mol. The first-order valence-corrected chi connectivity index (χ1v) is 7.27. The number of aromatic amines is 1. The van der Waals surface area contributed by atoms with Gasteiger partial charge in [0.15, 0.2) is 0 Å². The highest BCUT2D eigenvalue weighted by atomic mass is 32.1. The minimum Gasteiger partial charge on any atom is -0.456 e. The van der Waals surface area contributed by atoms with Gasteiger partial charge in [-0.05, 0) is 42.6 Å². The average Bonchev–Trinajstić information content (AvgIpc) is 3.03. The molecule has 1 N–H and O–H groups in total. The molecule has 0 amide bonds. The number of aryl methyl sites for hydroxylation is 1. The maximum absolute atomic E-state index is 6.02. The largest absolute Gasteiger partial charge is 0.456 e. The molecule has 0 fully saturated rings. The third-order valence-corrected chi connectivity index (χ3v) is 4.18. The molecule has 3 heterocycles. The number of hydrogen-bond acceptors (Lipinski definition) is 3. The number of aromatic nitrogens is 2. The zero-order valence-electron chi connectivity index (χ0n) is 10.9. The molecule has 0 aliphatic rings. The van der Waals surface area contributed by atoms with Crippen LogP contribution in [-0.4, -0.2) is 9.97 Å². The van der Waals surface area contributed by atoms with Gasteiger partial charge in [0.25, 0.3) is 0 Å².